The number of rotatable bonds is 7. The number of anilines is 1. The lowest BCUT2D eigenvalue weighted by molar-refractivity contribution is -0.191. The molecule has 2 aliphatic rings. The number of nitrogens with one attached hydrogen (secondary N) is 1. The minimum Gasteiger partial charge on any atom is -0.433 e. The van der Waals surface area contributed by atoms with Gasteiger partial charge in [0.05, 0.1) is 6.20 Å². The van der Waals surface area contributed by atoms with Crippen LogP contribution in [0.1, 0.15) is 30.0 Å². The molecule has 0 radical (unpaired) electrons. The smallest absolute Gasteiger partial charge is 0.398 e. The predicted molar refractivity (Wildman–Crippen MR) is 153 cm³/mol. The molecule has 44 heavy (non-hydrogen) atoms. The normalized spacial score (nSPS) is 22.0. The highest BCUT2D eigenvalue weighted by atomic mass is 19.4. The maximum Gasteiger partial charge on any atom is 0.398 e. The van der Waals surface area contributed by atoms with Crippen LogP contribution < -0.4 is 20.7 Å². The standard InChI is InChI=1S/C31H30F5N5O3/c32-30(33)44-21-11-12-22(38-17-21)41-15-13-18(14-16-41)25(37)23-24(31(34,35)36)27(42)29(43)40-28(23)39-26(19-7-3-1-4-8-19)20-9-5-2-6-10-20/h1-12,17-18,24,26-27,30,42H,13-16,37H2,(H,39,40,43). The molecule has 3 aromatic rings. The van der Waals surface area contributed by atoms with E-state index in [9.17, 15) is 31.9 Å². The molecule has 2 saturated heterocycles. The third-order valence-corrected chi connectivity index (χ3v) is 7.75. The SMILES string of the molecule is NC(=C1C(=NC(c2ccccc2)c2ccccc2)NC(=O)C(O)C1C(F)(F)F)C1CCN(c2ccc(OC(F)F)cn2)CC1. The Morgan fingerprint density at radius 1 is 1.00 bits per heavy atom. The third-order valence-electron chi connectivity index (χ3n) is 7.75. The molecule has 0 saturated carbocycles. The number of nitrogens with two attached hydrogens (primary N) is 1. The van der Waals surface area contributed by atoms with Gasteiger partial charge in [0.1, 0.15) is 35.5 Å². The number of alkyl halides is 5. The number of ether oxygens (including phenoxy) is 1. The number of carbonyl (C=O) groups is 1. The van der Waals surface area contributed by atoms with Gasteiger partial charge in [0, 0.05) is 30.3 Å². The van der Waals surface area contributed by atoms with E-state index in [2.05, 4.69) is 20.0 Å². The van der Waals surface area contributed by atoms with Crippen LogP contribution in [-0.4, -0.2) is 53.8 Å². The van der Waals surface area contributed by atoms with Gasteiger partial charge >= 0.3 is 12.8 Å². The number of nitrogens with zero attached hydrogens (tertiary/aromatic N) is 3. The van der Waals surface area contributed by atoms with E-state index in [-0.39, 0.29) is 17.3 Å². The molecule has 0 spiro atoms. The van der Waals surface area contributed by atoms with E-state index < -0.39 is 48.2 Å². The van der Waals surface area contributed by atoms with E-state index in [1.54, 1.807) is 60.7 Å². The summed E-state index contributed by atoms with van der Waals surface area (Å²) in [6, 6.07) is 19.9. The first-order valence-corrected chi connectivity index (χ1v) is 13.9. The first-order chi connectivity index (χ1) is 21.0. The molecule has 0 aliphatic carbocycles. The fraction of sp³-hybridized carbons (Fsp3) is 0.323. The van der Waals surface area contributed by atoms with E-state index >= 15 is 0 Å². The number of hydrogen-bond acceptors (Lipinski definition) is 7. The van der Waals surface area contributed by atoms with Gasteiger partial charge in [-0.25, -0.2) is 4.98 Å². The Morgan fingerprint density at radius 2 is 1.59 bits per heavy atom. The summed E-state index contributed by atoms with van der Waals surface area (Å²) in [5.74, 6) is -4.28. The maximum atomic E-state index is 14.5. The lowest BCUT2D eigenvalue weighted by atomic mass is 9.81. The average Bonchev–Trinajstić information content (AvgIpc) is 3.01. The molecular weight excluding hydrogens is 585 g/mol. The minimum absolute atomic E-state index is 0.0974. The quantitative estimate of drug-likeness (QED) is 0.324. The average molecular weight is 616 g/mol. The van der Waals surface area contributed by atoms with Crippen molar-refractivity contribution in [1.29, 1.82) is 0 Å². The van der Waals surface area contributed by atoms with Gasteiger partial charge < -0.3 is 25.8 Å². The molecule has 2 aromatic carbocycles. The highest BCUT2D eigenvalue weighted by Gasteiger charge is 2.54. The van der Waals surface area contributed by atoms with Gasteiger partial charge in [-0.1, -0.05) is 60.7 Å². The van der Waals surface area contributed by atoms with E-state index in [4.69, 9.17) is 5.73 Å². The van der Waals surface area contributed by atoms with Crippen molar-refractivity contribution in [2.45, 2.75) is 37.8 Å². The first-order valence-electron chi connectivity index (χ1n) is 13.9. The van der Waals surface area contributed by atoms with Crippen molar-refractivity contribution in [3.8, 4) is 5.75 Å². The highest BCUT2D eigenvalue weighted by molar-refractivity contribution is 6.13. The minimum atomic E-state index is -5.00. The number of amidine groups is 1. The van der Waals surface area contributed by atoms with E-state index in [0.29, 0.717) is 42.9 Å². The topological polar surface area (TPSA) is 113 Å². The summed E-state index contributed by atoms with van der Waals surface area (Å²) < 4.78 is 72.9. The summed E-state index contributed by atoms with van der Waals surface area (Å²) >= 11 is 0. The lowest BCUT2D eigenvalue weighted by Crippen LogP contribution is -2.56. The van der Waals surface area contributed by atoms with Crippen LogP contribution in [0.25, 0.3) is 0 Å². The van der Waals surface area contributed by atoms with Crippen molar-refractivity contribution >= 4 is 17.6 Å². The Labute approximate surface area is 250 Å². The monoisotopic (exact) mass is 615 g/mol. The number of hydrogen-bond donors (Lipinski definition) is 3. The number of halogens is 5. The molecule has 2 fully saturated rings. The van der Waals surface area contributed by atoms with Crippen molar-refractivity contribution in [3.05, 3.63) is 101 Å². The first kappa shape index (κ1) is 30.9. The molecule has 4 N–H and O–H groups in total. The van der Waals surface area contributed by atoms with E-state index in [0.717, 1.165) is 0 Å². The molecule has 2 aliphatic heterocycles. The van der Waals surface area contributed by atoms with Gasteiger partial charge in [-0.2, -0.15) is 22.0 Å². The summed E-state index contributed by atoms with van der Waals surface area (Å²) in [4.78, 5) is 23.3. The van der Waals surface area contributed by atoms with Gasteiger partial charge in [-0.05, 0) is 36.1 Å². The van der Waals surface area contributed by atoms with Gasteiger partial charge in [0.2, 0.25) is 0 Å². The molecule has 3 heterocycles. The Hall–Kier alpha value is -4.52. The molecule has 1 aromatic heterocycles. The van der Waals surface area contributed by atoms with E-state index in [1.807, 2.05) is 4.90 Å². The molecule has 1 amide bonds. The van der Waals surface area contributed by atoms with E-state index in [1.165, 1.54) is 18.3 Å². The Morgan fingerprint density at radius 3 is 2.09 bits per heavy atom. The maximum absolute atomic E-state index is 14.5. The molecule has 2 unspecified atom stereocenters. The van der Waals surface area contributed by atoms with Crippen molar-refractivity contribution < 1.29 is 36.6 Å². The van der Waals surface area contributed by atoms with Crippen LogP contribution in [-0.2, 0) is 4.79 Å². The summed E-state index contributed by atoms with van der Waals surface area (Å²) in [7, 11) is 0. The Bertz CT molecular complexity index is 1450. The largest absolute Gasteiger partial charge is 0.433 e. The summed E-state index contributed by atoms with van der Waals surface area (Å²) in [5, 5.41) is 12.9. The molecule has 2 atom stereocenters. The van der Waals surface area contributed by atoms with Crippen molar-refractivity contribution in [1.82, 2.24) is 10.3 Å². The van der Waals surface area contributed by atoms with Crippen LogP contribution in [0.5, 0.6) is 5.75 Å². The number of pyridine rings is 1. The van der Waals surface area contributed by atoms with Crippen LogP contribution in [0.15, 0.2) is 95.3 Å². The second-order valence-electron chi connectivity index (χ2n) is 10.5. The lowest BCUT2D eigenvalue weighted by Gasteiger charge is -2.38. The Kier molecular flexibility index (Phi) is 9.14. The number of aromatic nitrogens is 1. The number of piperidine rings is 2. The molecular formula is C31H30F5N5O3. The van der Waals surface area contributed by atoms with Crippen molar-refractivity contribution in [2.75, 3.05) is 18.0 Å². The number of carbonyl (C=O) groups excluding carboxylic acids is 1. The number of amides is 1. The second kappa shape index (κ2) is 13.0. The van der Waals surface area contributed by atoms with Crippen LogP contribution in [0, 0.1) is 11.8 Å². The Balaban J connectivity index is 1.50. The number of aliphatic hydroxyl groups is 1. The zero-order valence-electron chi connectivity index (χ0n) is 23.3. The van der Waals surface area contributed by atoms with Crippen LogP contribution in [0.2, 0.25) is 0 Å². The van der Waals surface area contributed by atoms with Crippen LogP contribution >= 0.6 is 0 Å². The predicted octanol–water partition coefficient (Wildman–Crippen LogP) is 4.97. The van der Waals surface area contributed by atoms with Crippen LogP contribution in [0.3, 0.4) is 0 Å². The zero-order chi connectivity index (χ0) is 31.4. The third kappa shape index (κ3) is 6.83. The molecule has 8 nitrogen and oxygen atoms in total. The molecule has 232 valence electrons. The zero-order valence-corrected chi connectivity index (χ0v) is 23.3. The molecule has 5 rings (SSSR count). The number of aliphatic imine (C=N–C) groups is 1. The highest BCUT2D eigenvalue weighted by Crippen LogP contribution is 2.41. The van der Waals surface area contributed by atoms with Gasteiger partial charge in [0.25, 0.3) is 5.91 Å². The van der Waals surface area contributed by atoms with Gasteiger partial charge in [0.15, 0.2) is 0 Å². The fourth-order valence-electron chi connectivity index (χ4n) is 5.59. The summed E-state index contributed by atoms with van der Waals surface area (Å²) in [5.41, 5.74) is 7.32. The van der Waals surface area contributed by atoms with Gasteiger partial charge in [-0.15, -0.1) is 0 Å². The van der Waals surface area contributed by atoms with Crippen LogP contribution in [0.4, 0.5) is 27.8 Å². The number of benzene rings is 2. The van der Waals surface area contributed by atoms with Crippen molar-refractivity contribution in [2.24, 2.45) is 22.6 Å². The molecule has 13 heteroatoms. The summed E-state index contributed by atoms with van der Waals surface area (Å²) in [6.07, 6.45) is -5.58. The number of aliphatic hydroxyl groups excluding tert-OH is 1. The summed E-state index contributed by atoms with van der Waals surface area (Å²) in [6.45, 7) is -2.27. The van der Waals surface area contributed by atoms with Gasteiger partial charge in [-0.3, -0.25) is 9.79 Å². The second-order valence-corrected chi connectivity index (χ2v) is 10.5. The number of allylic oxidation sites excluding steroid dienone is 1. The fourth-order valence-corrected chi connectivity index (χ4v) is 5.59. The molecule has 0 bridgehead atoms. The van der Waals surface area contributed by atoms with Crippen molar-refractivity contribution in [3.63, 3.8) is 0 Å².